The number of carbonyl (C=O) groups is 5. The molecule has 35 rings (SSSR count). The summed E-state index contributed by atoms with van der Waals surface area (Å²) < 4.78 is 43.8. The second-order valence-corrected chi connectivity index (χ2v) is 54.7. The molecule has 0 aromatic rings. The van der Waals surface area contributed by atoms with Crippen LogP contribution in [0.15, 0.2) is 0 Å². The Morgan fingerprint density at radius 1 is 0.301 bits per heavy atom. The molecule has 0 heterocycles. The van der Waals surface area contributed by atoms with Gasteiger partial charge in [-0.25, -0.2) is 0 Å². The molecule has 758 valence electrons. The summed E-state index contributed by atoms with van der Waals surface area (Å²) in [6.07, 6.45) is 43.0. The summed E-state index contributed by atoms with van der Waals surface area (Å²) in [7, 11) is 0. The molecule has 16 unspecified atom stereocenters. The van der Waals surface area contributed by atoms with Gasteiger partial charge < -0.3 is 33.2 Å². The predicted molar refractivity (Wildman–Crippen MR) is 535 cm³/mol. The average Bonchev–Trinajstić information content (AvgIpc) is 0.674. The first-order chi connectivity index (χ1) is 62.9. The van der Waals surface area contributed by atoms with Gasteiger partial charge in [0.25, 0.3) is 0 Å². The number of esters is 5. The van der Waals surface area contributed by atoms with Gasteiger partial charge in [-0.1, -0.05) is 104 Å². The average molecular weight is 1850 g/mol. The molecule has 133 heavy (non-hydrogen) atoms. The van der Waals surface area contributed by atoms with Crippen LogP contribution in [0.1, 0.15) is 433 Å². The molecule has 40 bridgehead atoms. The minimum atomic E-state index is -0.420. The predicted octanol–water partition coefficient (Wildman–Crippen LogP) is 30.1. The maximum Gasteiger partial charge on any atom is 0.313 e. The van der Waals surface area contributed by atoms with Gasteiger partial charge in [0, 0.05) is 17.3 Å². The van der Waals surface area contributed by atoms with Crippen molar-refractivity contribution in [3.63, 3.8) is 0 Å². The first-order valence-electron chi connectivity index (χ1n) is 58.4. The SMILES string of the molecule is CC.CC.CC.CC.CC.CCC(C)(C)C(=O)OC(C)(C)C12CC3C4CC5CC3C(C1)C(C5)C4C2.CCC(C)(C)C(=O)OC(C)(C)C1C2CC3C4CC5CC3C1C(C5)C4C2.CCC(C)(C)C(=O)OC(C)OC12CC3C4CC5CC3C(C1)C(C5)C4C2.CCC(C)(C)C(=O)OC(C)OC12CC3CC4C5CC(CC41)CC2C5C3.CCC(C)(C)C(=O)OC1(C)C2CC3C4CC5CC3C1C(C5)C4C2. The molecule has 0 aliphatic heterocycles. The Balaban J connectivity index is 0.000000118. The zero-order chi connectivity index (χ0) is 96.8. The molecule has 0 amide bonds. The van der Waals surface area contributed by atoms with Crippen LogP contribution in [0.3, 0.4) is 0 Å². The zero-order valence-electron chi connectivity index (χ0n) is 91.3. The van der Waals surface area contributed by atoms with Gasteiger partial charge in [0.05, 0.1) is 38.3 Å². The molecule has 0 aromatic carbocycles. The third-order valence-corrected chi connectivity index (χ3v) is 47.2. The molecule has 12 heteroatoms. The minimum Gasteiger partial charge on any atom is -0.459 e. The lowest BCUT2D eigenvalue weighted by molar-refractivity contribution is -0.338. The molecule has 12 nitrogen and oxygen atoms in total. The van der Waals surface area contributed by atoms with Crippen LogP contribution in [0.5, 0.6) is 0 Å². The van der Waals surface area contributed by atoms with Crippen molar-refractivity contribution in [3.05, 3.63) is 0 Å². The normalized spacial score (nSPS) is 47.4. The number of hydrogen-bond acceptors (Lipinski definition) is 12. The fourth-order valence-corrected chi connectivity index (χ4v) is 40.4. The molecule has 0 spiro atoms. The third kappa shape index (κ3) is 16.8. The Bertz CT molecular complexity index is 3890. The van der Waals surface area contributed by atoms with E-state index in [4.69, 9.17) is 33.2 Å². The van der Waals surface area contributed by atoms with Crippen molar-refractivity contribution >= 4 is 29.8 Å². The van der Waals surface area contributed by atoms with Crippen LogP contribution in [0.4, 0.5) is 0 Å². The Morgan fingerprint density at radius 3 is 0.962 bits per heavy atom. The maximum atomic E-state index is 12.9. The highest BCUT2D eigenvalue weighted by atomic mass is 16.7. The molecule has 0 N–H and O–H groups in total. The summed E-state index contributed by atoms with van der Waals surface area (Å²) in [6, 6.07) is 0. The summed E-state index contributed by atoms with van der Waals surface area (Å²) >= 11 is 0. The first-order valence-corrected chi connectivity index (χ1v) is 58.4. The van der Waals surface area contributed by atoms with Crippen LogP contribution >= 0.6 is 0 Å². The van der Waals surface area contributed by atoms with Crippen LogP contribution in [-0.4, -0.2) is 70.4 Å². The van der Waals surface area contributed by atoms with Crippen molar-refractivity contribution in [1.29, 1.82) is 0 Å². The van der Waals surface area contributed by atoms with Crippen molar-refractivity contribution in [1.82, 2.24) is 0 Å². The number of rotatable bonds is 21. The summed E-state index contributed by atoms with van der Waals surface area (Å²) in [6.45, 7) is 65.6. The molecule has 35 fully saturated rings. The van der Waals surface area contributed by atoms with Gasteiger partial charge in [0.2, 0.25) is 12.6 Å². The van der Waals surface area contributed by atoms with E-state index in [9.17, 15) is 24.0 Å². The lowest BCUT2D eigenvalue weighted by Gasteiger charge is -2.74. The van der Waals surface area contributed by atoms with E-state index in [1.54, 1.807) is 6.42 Å². The van der Waals surface area contributed by atoms with Crippen molar-refractivity contribution in [2.24, 2.45) is 257 Å². The molecule has 35 saturated carbocycles. The van der Waals surface area contributed by atoms with Crippen LogP contribution < -0.4 is 0 Å². The summed E-state index contributed by atoms with van der Waals surface area (Å²) in [5.74, 6) is 35.0. The van der Waals surface area contributed by atoms with Gasteiger partial charge in [0.1, 0.15) is 16.8 Å². The second kappa shape index (κ2) is 37.5. The van der Waals surface area contributed by atoms with Crippen LogP contribution in [0, 0.1) is 257 Å². The van der Waals surface area contributed by atoms with Gasteiger partial charge in [-0.2, -0.15) is 0 Å². The third-order valence-electron chi connectivity index (χ3n) is 47.2. The van der Waals surface area contributed by atoms with Crippen LogP contribution in [0.25, 0.3) is 0 Å². The van der Waals surface area contributed by atoms with Gasteiger partial charge in [-0.05, 0) is 543 Å². The van der Waals surface area contributed by atoms with Gasteiger partial charge >= 0.3 is 29.8 Å². The maximum absolute atomic E-state index is 12.9. The van der Waals surface area contributed by atoms with Crippen LogP contribution in [-0.2, 0) is 57.1 Å². The van der Waals surface area contributed by atoms with E-state index >= 15 is 0 Å². The van der Waals surface area contributed by atoms with E-state index in [0.717, 1.165) is 239 Å². The van der Waals surface area contributed by atoms with E-state index in [1.807, 2.05) is 166 Å². The Morgan fingerprint density at radius 2 is 0.586 bits per heavy atom. The van der Waals surface area contributed by atoms with Crippen molar-refractivity contribution in [2.75, 3.05) is 0 Å². The van der Waals surface area contributed by atoms with Crippen molar-refractivity contribution in [3.8, 4) is 0 Å². The number of ether oxygens (including phenoxy) is 7. The summed E-state index contributed by atoms with van der Waals surface area (Å²) in [5, 5.41) is 0. The van der Waals surface area contributed by atoms with Gasteiger partial charge in [-0.15, -0.1) is 0 Å². The van der Waals surface area contributed by atoms with Crippen molar-refractivity contribution < 1.29 is 57.1 Å². The number of carbonyl (C=O) groups excluding carboxylic acids is 5. The van der Waals surface area contributed by atoms with Gasteiger partial charge in [0.15, 0.2) is 0 Å². The molecular weight excluding hydrogens is 1650 g/mol. The first kappa shape index (κ1) is 103. The molecular formula is C121H202O12. The fraction of sp³-hybridized carbons (Fsp3) is 0.959. The topological polar surface area (TPSA) is 150 Å². The summed E-state index contributed by atoms with van der Waals surface area (Å²) in [5.41, 5.74) is -2.41. The van der Waals surface area contributed by atoms with Gasteiger partial charge in [-0.3, -0.25) is 24.0 Å². The lowest BCUT2D eigenvalue weighted by atomic mass is 9.31. The molecule has 35 aliphatic carbocycles. The van der Waals surface area contributed by atoms with E-state index < -0.39 is 23.4 Å². The second-order valence-electron chi connectivity index (χ2n) is 54.7. The molecule has 35 aliphatic rings. The van der Waals surface area contributed by atoms with E-state index in [-0.39, 0.29) is 79.5 Å². The highest BCUT2D eigenvalue weighted by Crippen LogP contribution is 2.81. The quantitative estimate of drug-likeness (QED) is 0.0611. The molecule has 16 atom stereocenters. The monoisotopic (exact) mass is 1850 g/mol. The summed E-state index contributed by atoms with van der Waals surface area (Å²) in [4.78, 5) is 63.4. The van der Waals surface area contributed by atoms with E-state index in [1.165, 1.54) is 173 Å². The highest BCUT2D eigenvalue weighted by Gasteiger charge is 2.77. The Kier molecular flexibility index (Phi) is 29.1. The van der Waals surface area contributed by atoms with E-state index in [0.29, 0.717) is 17.8 Å². The largest absolute Gasteiger partial charge is 0.459 e. The molecule has 0 saturated heterocycles. The van der Waals surface area contributed by atoms with Crippen molar-refractivity contribution in [2.45, 2.75) is 474 Å². The standard InChI is InChI=1S/2C23H36O2.2C22H34O3.C21H32O2.5C2H6/c1-6-21(2,3)20(24)25-22(4,5)23-10-17-14-7-13-8-15(17)19(12-23)16(9-13)18(14)11-23;1-6-22(2,3)21(24)25-23(4,5)20-13-10-15-14-7-12-8-17(15)19(20)18(9-12)16(14)11-13;1-5-21(3,4)20(23)24-12(2)25-22-11-14-7-16-15-6-13(9-18(16)22)10-19(22)17(15)8-14;1-5-21(3,4)20(23)24-12(2)25-22-9-17-14-6-13-7-15(17)19(11-22)16(8-13)18(14)10-22;1-5-20(2,3)19(22)23-21(4)12-9-14-13-6-11-7-16(14)18(21)17(8-11)15(13)10-12;5*1-2/h13-19H,6-12H2,1-5H3;12-20H,6-11H2,1-5H3;2*12-19H,5-11H2,1-4H3;11-18H,5-10H2,1-4H3;5*1-2H3. The molecule has 0 radical (unpaired) electrons. The Labute approximate surface area is 813 Å². The van der Waals surface area contributed by atoms with Crippen LogP contribution in [0.2, 0.25) is 0 Å². The smallest absolute Gasteiger partial charge is 0.313 e. The lowest BCUT2D eigenvalue weighted by Crippen LogP contribution is -2.72. The minimum absolute atomic E-state index is 0.00370. The van der Waals surface area contributed by atoms with E-state index in [2.05, 4.69) is 55.4 Å². The Hall–Kier alpha value is -2.73. The highest BCUT2D eigenvalue weighted by molar-refractivity contribution is 5.78. The fourth-order valence-electron chi connectivity index (χ4n) is 40.4. The number of hydrogen-bond donors (Lipinski definition) is 0. The molecule has 0 aromatic heterocycles. The zero-order valence-corrected chi connectivity index (χ0v) is 91.3.